The van der Waals surface area contributed by atoms with Gasteiger partial charge in [-0.25, -0.2) is 0 Å². The molecule has 218 valence electrons. The zero-order chi connectivity index (χ0) is 29.6. The first-order chi connectivity index (χ1) is 20.2. The van der Waals surface area contributed by atoms with Gasteiger partial charge in [0.25, 0.3) is 5.95 Å². The second-order valence-electron chi connectivity index (χ2n) is 8.58. The predicted octanol–water partition coefficient (Wildman–Crippen LogP) is 6.69. The van der Waals surface area contributed by atoms with Crippen molar-refractivity contribution in [1.82, 2.24) is 15.0 Å². The standard InChI is InChI=1S/C26H22F3N7O3S3/c27-26(28,29)42(37,38)35-22-17-18(36-13-15-39-16-14-36)11-12-21(22)33-34-23-30-24(40-19-7-3-1-4-8-19)32-25(31-23)41-20-9-5-2-6-10-20/h1-12,17,35H,13-16H2. The summed E-state index contributed by atoms with van der Waals surface area (Å²) in [4.78, 5) is 16.8. The van der Waals surface area contributed by atoms with Crippen LogP contribution in [0.15, 0.2) is 109 Å². The minimum absolute atomic E-state index is 0.108. The lowest BCUT2D eigenvalue weighted by molar-refractivity contribution is -0.0429. The summed E-state index contributed by atoms with van der Waals surface area (Å²) in [5.74, 6) is -0.108. The van der Waals surface area contributed by atoms with Crippen LogP contribution < -0.4 is 9.62 Å². The van der Waals surface area contributed by atoms with Crippen LogP contribution in [0.4, 0.5) is 36.2 Å². The molecule has 1 saturated heterocycles. The number of halogens is 3. The number of ether oxygens (including phenoxy) is 1. The van der Waals surface area contributed by atoms with E-state index in [4.69, 9.17) is 4.74 Å². The fourth-order valence-corrected chi connectivity index (χ4v) is 5.82. The SMILES string of the molecule is O=S(=O)(Nc1cc(N2CCOCC2)ccc1N=Nc1nc(Sc2ccccc2)nc(Sc2ccccc2)n1)C(F)(F)F. The topological polar surface area (TPSA) is 122 Å². The van der Waals surface area contributed by atoms with Crippen LogP contribution in [0.2, 0.25) is 0 Å². The Kier molecular flexibility index (Phi) is 9.25. The number of morpholine rings is 1. The van der Waals surface area contributed by atoms with Crippen LogP contribution in [0.25, 0.3) is 0 Å². The summed E-state index contributed by atoms with van der Waals surface area (Å²) in [5, 5.41) is 8.75. The Balaban J connectivity index is 1.50. The van der Waals surface area contributed by atoms with Gasteiger partial charge in [0.05, 0.1) is 18.9 Å². The van der Waals surface area contributed by atoms with Gasteiger partial charge in [-0.15, -0.1) is 10.2 Å². The van der Waals surface area contributed by atoms with Crippen molar-refractivity contribution in [2.24, 2.45) is 10.2 Å². The van der Waals surface area contributed by atoms with E-state index in [1.165, 1.54) is 35.7 Å². The first kappa shape index (κ1) is 29.8. The molecule has 1 N–H and O–H groups in total. The molecule has 1 aromatic heterocycles. The maximum atomic E-state index is 13.2. The molecule has 1 aliphatic heterocycles. The van der Waals surface area contributed by atoms with E-state index in [1.54, 1.807) is 10.8 Å². The van der Waals surface area contributed by atoms with Gasteiger partial charge < -0.3 is 9.64 Å². The highest BCUT2D eigenvalue weighted by molar-refractivity contribution is 7.99. The molecule has 5 rings (SSSR count). The highest BCUT2D eigenvalue weighted by Gasteiger charge is 2.46. The van der Waals surface area contributed by atoms with Crippen LogP contribution in [-0.4, -0.2) is 55.2 Å². The Hall–Kier alpha value is -3.73. The van der Waals surface area contributed by atoms with Crippen LogP contribution in [0, 0.1) is 0 Å². The van der Waals surface area contributed by atoms with Crippen LogP contribution in [0.5, 0.6) is 0 Å². The van der Waals surface area contributed by atoms with Crippen molar-refractivity contribution in [3.8, 4) is 0 Å². The highest BCUT2D eigenvalue weighted by Crippen LogP contribution is 2.36. The van der Waals surface area contributed by atoms with E-state index in [9.17, 15) is 21.6 Å². The van der Waals surface area contributed by atoms with Crippen molar-refractivity contribution in [2.75, 3.05) is 35.9 Å². The zero-order valence-corrected chi connectivity index (χ0v) is 24.1. The summed E-state index contributed by atoms with van der Waals surface area (Å²) in [6, 6.07) is 23.0. The Morgan fingerprint density at radius 1 is 0.810 bits per heavy atom. The normalized spacial score (nSPS) is 14.3. The number of rotatable bonds is 9. The van der Waals surface area contributed by atoms with E-state index in [2.05, 4.69) is 25.2 Å². The summed E-state index contributed by atoms with van der Waals surface area (Å²) < 4.78 is 70.6. The molecule has 0 spiro atoms. The molecule has 16 heteroatoms. The molecular formula is C26H22F3N7O3S3. The largest absolute Gasteiger partial charge is 0.516 e. The van der Waals surface area contributed by atoms with Gasteiger partial charge >= 0.3 is 15.5 Å². The summed E-state index contributed by atoms with van der Waals surface area (Å²) in [6.07, 6.45) is 0. The Labute approximate surface area is 247 Å². The lowest BCUT2D eigenvalue weighted by Gasteiger charge is -2.29. The Morgan fingerprint density at radius 2 is 1.38 bits per heavy atom. The summed E-state index contributed by atoms with van der Waals surface area (Å²) >= 11 is 2.54. The Bertz CT molecular complexity index is 1600. The van der Waals surface area contributed by atoms with Gasteiger partial charge in [0, 0.05) is 28.6 Å². The minimum Gasteiger partial charge on any atom is -0.378 e. The second kappa shape index (κ2) is 13.1. The van der Waals surface area contributed by atoms with Gasteiger partial charge in [-0.3, -0.25) is 4.72 Å². The third-order valence-electron chi connectivity index (χ3n) is 5.64. The van der Waals surface area contributed by atoms with Crippen molar-refractivity contribution < 1.29 is 26.3 Å². The predicted molar refractivity (Wildman–Crippen MR) is 153 cm³/mol. The molecule has 1 aliphatic rings. The van der Waals surface area contributed by atoms with Crippen LogP contribution >= 0.6 is 23.5 Å². The zero-order valence-electron chi connectivity index (χ0n) is 21.6. The van der Waals surface area contributed by atoms with E-state index in [-0.39, 0.29) is 11.6 Å². The maximum absolute atomic E-state index is 13.2. The number of sulfonamides is 1. The smallest absolute Gasteiger partial charge is 0.378 e. The molecule has 0 amide bonds. The van der Waals surface area contributed by atoms with Crippen molar-refractivity contribution in [3.63, 3.8) is 0 Å². The maximum Gasteiger partial charge on any atom is 0.516 e. The first-order valence-electron chi connectivity index (χ1n) is 12.4. The average Bonchev–Trinajstić information content (AvgIpc) is 2.97. The molecule has 4 aromatic rings. The van der Waals surface area contributed by atoms with E-state index in [1.807, 2.05) is 65.6 Å². The number of benzene rings is 3. The van der Waals surface area contributed by atoms with E-state index in [0.29, 0.717) is 42.3 Å². The van der Waals surface area contributed by atoms with Crippen molar-refractivity contribution in [2.45, 2.75) is 25.6 Å². The van der Waals surface area contributed by atoms with Gasteiger partial charge in [0.15, 0.2) is 10.3 Å². The molecule has 0 radical (unpaired) electrons. The lowest BCUT2D eigenvalue weighted by atomic mass is 10.2. The number of alkyl halides is 3. The average molecular weight is 634 g/mol. The molecular weight excluding hydrogens is 612 g/mol. The van der Waals surface area contributed by atoms with Crippen LogP contribution in [0.1, 0.15) is 0 Å². The van der Waals surface area contributed by atoms with Crippen molar-refractivity contribution in [1.29, 1.82) is 0 Å². The summed E-state index contributed by atoms with van der Waals surface area (Å²) in [7, 11) is -5.73. The summed E-state index contributed by atoms with van der Waals surface area (Å²) in [6.45, 7) is 1.83. The number of anilines is 2. The number of hydrogen-bond acceptors (Lipinski definition) is 11. The molecule has 3 aromatic carbocycles. The number of hydrogen-bond donors (Lipinski definition) is 1. The quantitative estimate of drug-likeness (QED) is 0.201. The monoisotopic (exact) mass is 633 g/mol. The molecule has 0 bridgehead atoms. The fraction of sp³-hybridized carbons (Fsp3) is 0.192. The third-order valence-corrected chi connectivity index (χ3v) is 8.48. The molecule has 0 atom stereocenters. The minimum atomic E-state index is -5.73. The summed E-state index contributed by atoms with van der Waals surface area (Å²) in [5.41, 5.74) is -5.58. The van der Waals surface area contributed by atoms with Crippen molar-refractivity contribution >= 4 is 56.6 Å². The molecule has 0 saturated carbocycles. The molecule has 2 heterocycles. The fourth-order valence-electron chi connectivity index (χ4n) is 3.66. The van der Waals surface area contributed by atoms with E-state index < -0.39 is 21.2 Å². The van der Waals surface area contributed by atoms with E-state index in [0.717, 1.165) is 9.79 Å². The molecule has 42 heavy (non-hydrogen) atoms. The highest BCUT2D eigenvalue weighted by atomic mass is 32.2. The number of azo groups is 1. The lowest BCUT2D eigenvalue weighted by Crippen LogP contribution is -2.36. The van der Waals surface area contributed by atoms with Gasteiger partial charge in [-0.2, -0.15) is 36.5 Å². The molecule has 1 fully saturated rings. The van der Waals surface area contributed by atoms with Gasteiger partial charge in [0.1, 0.15) is 5.69 Å². The van der Waals surface area contributed by atoms with Crippen LogP contribution in [-0.2, 0) is 14.8 Å². The number of aromatic nitrogens is 3. The molecule has 0 aliphatic carbocycles. The number of nitrogens with zero attached hydrogens (tertiary/aromatic N) is 6. The Morgan fingerprint density at radius 3 is 1.93 bits per heavy atom. The van der Waals surface area contributed by atoms with Crippen LogP contribution in [0.3, 0.4) is 0 Å². The first-order valence-corrected chi connectivity index (χ1v) is 15.5. The van der Waals surface area contributed by atoms with Crippen molar-refractivity contribution in [3.05, 3.63) is 78.9 Å². The molecule has 10 nitrogen and oxygen atoms in total. The second-order valence-corrected chi connectivity index (χ2v) is 12.3. The number of nitrogens with one attached hydrogen (secondary N) is 1. The van der Waals surface area contributed by atoms with Gasteiger partial charge in [-0.1, -0.05) is 36.4 Å². The third kappa shape index (κ3) is 7.76. The molecule has 0 unspecified atom stereocenters. The van der Waals surface area contributed by atoms with Gasteiger partial charge in [0.2, 0.25) is 0 Å². The van der Waals surface area contributed by atoms with Gasteiger partial charge in [-0.05, 0) is 66.0 Å². The van der Waals surface area contributed by atoms with E-state index >= 15 is 0 Å².